The lowest BCUT2D eigenvalue weighted by atomic mass is 10.2. The molecule has 1 saturated carbocycles. The van der Waals surface area contributed by atoms with Gasteiger partial charge in [0.2, 0.25) is 5.88 Å². The van der Waals surface area contributed by atoms with Crippen molar-refractivity contribution in [3.05, 3.63) is 28.4 Å². The first kappa shape index (κ1) is 21.2. The van der Waals surface area contributed by atoms with Gasteiger partial charge >= 0.3 is 0 Å². The van der Waals surface area contributed by atoms with Crippen molar-refractivity contribution in [3.8, 4) is 11.3 Å². The summed E-state index contributed by atoms with van der Waals surface area (Å²) in [5, 5.41) is 18.4. The Balaban J connectivity index is 2.12. The van der Waals surface area contributed by atoms with Gasteiger partial charge in [-0.2, -0.15) is 9.78 Å². The van der Waals surface area contributed by atoms with Crippen LogP contribution >= 0.6 is 15.9 Å². The van der Waals surface area contributed by atoms with E-state index >= 15 is 0 Å². The quantitative estimate of drug-likeness (QED) is 0.429. The van der Waals surface area contributed by atoms with Crippen LogP contribution in [0.4, 0.5) is 11.6 Å². The summed E-state index contributed by atoms with van der Waals surface area (Å²) in [6.07, 6.45) is 3.55. The Kier molecular flexibility index (Phi) is 6.16. The number of rotatable bonds is 7. The molecule has 156 valence electrons. The lowest BCUT2D eigenvalue weighted by molar-refractivity contribution is -0.117. The van der Waals surface area contributed by atoms with Crippen molar-refractivity contribution in [2.45, 2.75) is 39.7 Å². The highest BCUT2D eigenvalue weighted by Gasteiger charge is 2.28. The molecule has 4 N–H and O–H groups in total. The molecule has 0 radical (unpaired) electrons. The van der Waals surface area contributed by atoms with Crippen LogP contribution in [0.3, 0.4) is 0 Å². The van der Waals surface area contributed by atoms with Gasteiger partial charge in [-0.1, -0.05) is 13.8 Å². The highest BCUT2D eigenvalue weighted by molar-refractivity contribution is 9.10. The number of pyridine rings is 1. The summed E-state index contributed by atoms with van der Waals surface area (Å²) in [6.45, 7) is 6.53. The van der Waals surface area contributed by atoms with Crippen molar-refractivity contribution in [1.29, 1.82) is 0 Å². The molecule has 1 amide bonds. The van der Waals surface area contributed by atoms with Gasteiger partial charge in [0.15, 0.2) is 5.82 Å². The molecule has 0 aromatic carbocycles. The van der Waals surface area contributed by atoms with Crippen LogP contribution in [0, 0.1) is 5.92 Å². The second-order valence-corrected chi connectivity index (χ2v) is 8.60. The molecule has 9 heteroatoms. The van der Waals surface area contributed by atoms with E-state index < -0.39 is 0 Å². The van der Waals surface area contributed by atoms with E-state index in [-0.39, 0.29) is 23.4 Å². The minimum atomic E-state index is -0.295. The summed E-state index contributed by atoms with van der Waals surface area (Å²) in [5.41, 5.74) is 7.44. The number of nitrogens with two attached hydrogens (primary N) is 1. The van der Waals surface area contributed by atoms with Crippen molar-refractivity contribution in [2.75, 3.05) is 24.2 Å². The molecule has 0 bridgehead atoms. The minimum absolute atomic E-state index is 0.198. The van der Waals surface area contributed by atoms with Crippen LogP contribution in [0.25, 0.3) is 17.1 Å². The second-order valence-electron chi connectivity index (χ2n) is 7.80. The van der Waals surface area contributed by atoms with Crippen molar-refractivity contribution in [2.24, 2.45) is 5.92 Å². The number of halogens is 1. The first-order valence-electron chi connectivity index (χ1n) is 9.62. The van der Waals surface area contributed by atoms with E-state index in [1.54, 1.807) is 19.2 Å². The molecule has 3 rings (SSSR count). The Labute approximate surface area is 178 Å². The Morgan fingerprint density at radius 2 is 2.17 bits per heavy atom. The third-order valence-corrected chi connectivity index (χ3v) is 5.42. The fraction of sp³-hybridized carbons (Fsp3) is 0.450. The molecule has 1 fully saturated rings. The predicted octanol–water partition coefficient (Wildman–Crippen LogP) is 3.41. The monoisotopic (exact) mass is 462 g/mol. The maximum Gasteiger partial charge on any atom is 0.252 e. The van der Waals surface area contributed by atoms with Crippen LogP contribution in [0.15, 0.2) is 28.4 Å². The summed E-state index contributed by atoms with van der Waals surface area (Å²) in [5.74, 6) is 0.836. The van der Waals surface area contributed by atoms with Gasteiger partial charge in [0.1, 0.15) is 11.5 Å². The standard InChI is InChI=1S/C20H27BrN6O2/c1-11(2)10-26(4)19-15(21)16(14-6-5-9-23-17(14)22)25-27(19)20(29)12(3)18(28)24-13-7-8-13/h5-6,9,11,13,29H,7-8,10H2,1-4H3,(H2,22,23)(H,24,28)/b20-12-. The van der Waals surface area contributed by atoms with Gasteiger partial charge < -0.3 is 21.1 Å². The molecule has 0 aliphatic heterocycles. The highest BCUT2D eigenvalue weighted by atomic mass is 79.9. The summed E-state index contributed by atoms with van der Waals surface area (Å²) >= 11 is 3.63. The summed E-state index contributed by atoms with van der Waals surface area (Å²) in [7, 11) is 1.92. The van der Waals surface area contributed by atoms with E-state index in [4.69, 9.17) is 5.73 Å². The zero-order chi connectivity index (χ0) is 21.3. The van der Waals surface area contributed by atoms with E-state index in [0.717, 1.165) is 19.4 Å². The van der Waals surface area contributed by atoms with Gasteiger partial charge in [-0.25, -0.2) is 4.98 Å². The number of nitrogens with one attached hydrogen (secondary N) is 1. The van der Waals surface area contributed by atoms with Gasteiger partial charge in [0.05, 0.1) is 10.0 Å². The molecule has 8 nitrogen and oxygen atoms in total. The molecule has 2 heterocycles. The number of aromatic nitrogens is 3. The normalized spacial score (nSPS) is 14.7. The number of hydrogen-bond acceptors (Lipinski definition) is 6. The van der Waals surface area contributed by atoms with Crippen LogP contribution in [-0.2, 0) is 4.79 Å². The lowest BCUT2D eigenvalue weighted by Crippen LogP contribution is -2.29. The van der Waals surface area contributed by atoms with Crippen LogP contribution in [0.5, 0.6) is 0 Å². The minimum Gasteiger partial charge on any atom is -0.493 e. The highest BCUT2D eigenvalue weighted by Crippen LogP contribution is 2.39. The van der Waals surface area contributed by atoms with Crippen molar-refractivity contribution >= 4 is 39.4 Å². The van der Waals surface area contributed by atoms with Crippen LogP contribution < -0.4 is 16.0 Å². The fourth-order valence-corrected chi connectivity index (χ4v) is 3.84. The summed E-state index contributed by atoms with van der Waals surface area (Å²) in [6, 6.07) is 3.79. The number of aliphatic hydroxyl groups is 1. The molecule has 1 aliphatic carbocycles. The fourth-order valence-electron chi connectivity index (χ4n) is 3.07. The average Bonchev–Trinajstić information content (AvgIpc) is 3.40. The van der Waals surface area contributed by atoms with E-state index in [0.29, 0.717) is 33.3 Å². The van der Waals surface area contributed by atoms with E-state index in [9.17, 15) is 9.90 Å². The molecule has 1 aliphatic rings. The zero-order valence-electron chi connectivity index (χ0n) is 17.1. The van der Waals surface area contributed by atoms with Crippen molar-refractivity contribution in [1.82, 2.24) is 20.1 Å². The third kappa shape index (κ3) is 4.55. The van der Waals surface area contributed by atoms with E-state index in [2.05, 4.69) is 45.2 Å². The Morgan fingerprint density at radius 3 is 2.76 bits per heavy atom. The molecule has 0 unspecified atom stereocenters. The number of carbonyl (C=O) groups excluding carboxylic acids is 1. The smallest absolute Gasteiger partial charge is 0.252 e. The Bertz CT molecular complexity index is 948. The Hall–Kier alpha value is -2.55. The molecule has 29 heavy (non-hydrogen) atoms. The van der Waals surface area contributed by atoms with Crippen LogP contribution in [0.1, 0.15) is 33.6 Å². The molecule has 0 spiro atoms. The number of carbonyl (C=O) groups is 1. The number of nitrogen functional groups attached to an aromatic ring is 1. The van der Waals surface area contributed by atoms with E-state index in [1.165, 1.54) is 4.68 Å². The van der Waals surface area contributed by atoms with Gasteiger partial charge in [-0.15, -0.1) is 0 Å². The van der Waals surface area contributed by atoms with Gasteiger partial charge in [0, 0.05) is 31.4 Å². The number of hydrogen-bond donors (Lipinski definition) is 3. The predicted molar refractivity (Wildman–Crippen MR) is 118 cm³/mol. The Morgan fingerprint density at radius 1 is 1.48 bits per heavy atom. The summed E-state index contributed by atoms with van der Waals surface area (Å²) in [4.78, 5) is 18.6. The van der Waals surface area contributed by atoms with Crippen LogP contribution in [-0.4, -0.2) is 45.4 Å². The van der Waals surface area contributed by atoms with Gasteiger partial charge in [0.25, 0.3) is 5.91 Å². The third-order valence-electron chi connectivity index (χ3n) is 4.69. The number of amides is 1. The molecule has 2 aromatic rings. The number of aliphatic hydroxyl groups excluding tert-OH is 1. The maximum atomic E-state index is 12.5. The van der Waals surface area contributed by atoms with Crippen LogP contribution in [0.2, 0.25) is 0 Å². The molecule has 0 atom stereocenters. The summed E-state index contributed by atoms with van der Waals surface area (Å²) < 4.78 is 2.05. The first-order chi connectivity index (χ1) is 13.7. The van der Waals surface area contributed by atoms with Crippen molar-refractivity contribution < 1.29 is 9.90 Å². The topological polar surface area (TPSA) is 109 Å². The van der Waals surface area contributed by atoms with Gasteiger partial charge in [-0.3, -0.25) is 4.79 Å². The largest absolute Gasteiger partial charge is 0.493 e. The number of anilines is 2. The molecular weight excluding hydrogens is 436 g/mol. The molecular formula is C20H27BrN6O2. The van der Waals surface area contributed by atoms with E-state index in [1.807, 2.05) is 18.0 Å². The molecule has 0 saturated heterocycles. The average molecular weight is 463 g/mol. The maximum absolute atomic E-state index is 12.5. The SMILES string of the molecule is C/C(C(=O)NC1CC1)=C(/O)n1nc(-c2cccnc2N)c(Br)c1N(C)CC(C)C. The lowest BCUT2D eigenvalue weighted by Gasteiger charge is -2.23. The first-order valence-corrected chi connectivity index (χ1v) is 10.4. The zero-order valence-corrected chi connectivity index (χ0v) is 18.7. The van der Waals surface area contributed by atoms with Crippen molar-refractivity contribution in [3.63, 3.8) is 0 Å². The number of nitrogens with zero attached hydrogens (tertiary/aromatic N) is 4. The molecule has 2 aromatic heterocycles. The second kappa shape index (κ2) is 8.44. The van der Waals surface area contributed by atoms with Gasteiger partial charge in [-0.05, 0) is 53.7 Å².